The molecule has 3 aromatic heterocycles. The van der Waals surface area contributed by atoms with Crippen LogP contribution in [-0.4, -0.2) is 36.0 Å². The molecule has 10 heteroatoms. The molecule has 4 rings (SSSR count). The molecular weight excluding hydrogens is 440 g/mol. The van der Waals surface area contributed by atoms with Gasteiger partial charge in [0.05, 0.1) is 22.3 Å². The van der Waals surface area contributed by atoms with E-state index in [-0.39, 0.29) is 22.6 Å². The third kappa shape index (κ3) is 4.80. The van der Waals surface area contributed by atoms with E-state index in [2.05, 4.69) is 27.6 Å². The summed E-state index contributed by atoms with van der Waals surface area (Å²) in [4.78, 5) is 25.6. The van der Waals surface area contributed by atoms with E-state index in [1.165, 1.54) is 11.8 Å². The minimum atomic E-state index is -0.242. The molecule has 0 aliphatic heterocycles. The van der Waals surface area contributed by atoms with E-state index in [4.69, 9.17) is 4.52 Å². The zero-order chi connectivity index (χ0) is 23.6. The van der Waals surface area contributed by atoms with Crippen molar-refractivity contribution >= 4 is 40.2 Å². The maximum atomic E-state index is 13.1. The summed E-state index contributed by atoms with van der Waals surface area (Å²) in [5.41, 5.74) is 1.25. The Bertz CT molecular complexity index is 1350. The smallest absolute Gasteiger partial charge is 0.262 e. The van der Waals surface area contributed by atoms with Gasteiger partial charge in [0.15, 0.2) is 5.16 Å². The highest BCUT2D eigenvalue weighted by Gasteiger charge is 2.21. The molecule has 0 unspecified atom stereocenters. The average molecular weight is 469 g/mol. The molecule has 0 atom stereocenters. The van der Waals surface area contributed by atoms with Gasteiger partial charge in [-0.05, 0) is 18.6 Å². The number of fused-ring (bicyclic) bond motifs is 3. The van der Waals surface area contributed by atoms with Crippen molar-refractivity contribution in [1.82, 2.24) is 24.3 Å². The summed E-state index contributed by atoms with van der Waals surface area (Å²) < 4.78 is 8.77. The first kappa shape index (κ1) is 23.0. The Morgan fingerprint density at radius 1 is 1.18 bits per heavy atom. The van der Waals surface area contributed by atoms with Crippen LogP contribution < -0.4 is 10.9 Å². The van der Waals surface area contributed by atoms with Crippen molar-refractivity contribution in [1.29, 1.82) is 0 Å². The molecule has 3 heterocycles. The summed E-state index contributed by atoms with van der Waals surface area (Å²) in [6, 6.07) is 9.14. The van der Waals surface area contributed by atoms with Gasteiger partial charge < -0.3 is 4.52 Å². The van der Waals surface area contributed by atoms with Crippen molar-refractivity contribution in [3.63, 3.8) is 0 Å². The molecule has 174 valence electrons. The second-order valence-corrected chi connectivity index (χ2v) is 9.90. The molecule has 1 N–H and O–H groups in total. The summed E-state index contributed by atoms with van der Waals surface area (Å²) in [5, 5.41) is 16.5. The Balaban J connectivity index is 1.59. The van der Waals surface area contributed by atoms with Crippen LogP contribution in [0.1, 0.15) is 52.7 Å². The van der Waals surface area contributed by atoms with E-state index >= 15 is 0 Å². The van der Waals surface area contributed by atoms with Gasteiger partial charge in [-0.1, -0.05) is 69.6 Å². The van der Waals surface area contributed by atoms with Gasteiger partial charge in [-0.25, -0.2) is 0 Å². The molecule has 1 amide bonds. The second kappa shape index (κ2) is 9.38. The van der Waals surface area contributed by atoms with E-state index in [1.54, 1.807) is 10.6 Å². The standard InChI is InChI=1S/C23H28N6O3S/c1-5-6-9-12-28-20(31)15-10-7-8-11-16(15)29-21(28)25-26-22(29)33-14-18(30)24-19-13-17(27-32-19)23(2,3)4/h7-8,10-11,13H,5-6,9,12,14H2,1-4H3,(H,24,30). The van der Waals surface area contributed by atoms with Crippen LogP contribution in [0, 0.1) is 0 Å². The number of benzene rings is 1. The number of aryl methyl sites for hydroxylation is 1. The summed E-state index contributed by atoms with van der Waals surface area (Å²) in [6.07, 6.45) is 2.97. The molecule has 0 aliphatic carbocycles. The molecule has 0 saturated heterocycles. The molecule has 9 nitrogen and oxygen atoms in total. The van der Waals surface area contributed by atoms with E-state index < -0.39 is 0 Å². The molecule has 0 spiro atoms. The predicted octanol–water partition coefficient (Wildman–Crippen LogP) is 4.25. The number of para-hydroxylation sites is 1. The van der Waals surface area contributed by atoms with Crippen molar-refractivity contribution < 1.29 is 9.32 Å². The van der Waals surface area contributed by atoms with E-state index in [0.29, 0.717) is 28.7 Å². The highest BCUT2D eigenvalue weighted by atomic mass is 32.2. The Kier molecular flexibility index (Phi) is 6.55. The predicted molar refractivity (Wildman–Crippen MR) is 129 cm³/mol. The number of unbranched alkanes of at least 4 members (excludes halogenated alkanes) is 2. The number of carbonyl (C=O) groups is 1. The molecular formula is C23H28N6O3S. The Morgan fingerprint density at radius 2 is 1.97 bits per heavy atom. The number of nitrogens with one attached hydrogen (secondary N) is 1. The highest BCUT2D eigenvalue weighted by Crippen LogP contribution is 2.25. The molecule has 33 heavy (non-hydrogen) atoms. The van der Waals surface area contributed by atoms with Crippen LogP contribution in [0.5, 0.6) is 0 Å². The fourth-order valence-corrected chi connectivity index (χ4v) is 4.28. The van der Waals surface area contributed by atoms with Crippen molar-refractivity contribution in [3.05, 3.63) is 46.4 Å². The first-order valence-electron chi connectivity index (χ1n) is 11.1. The lowest BCUT2D eigenvalue weighted by molar-refractivity contribution is -0.113. The number of amides is 1. The monoisotopic (exact) mass is 468 g/mol. The van der Waals surface area contributed by atoms with Gasteiger partial charge >= 0.3 is 0 Å². The summed E-state index contributed by atoms with van der Waals surface area (Å²) >= 11 is 1.25. The van der Waals surface area contributed by atoms with Crippen LogP contribution in [0.4, 0.5) is 5.88 Å². The van der Waals surface area contributed by atoms with Crippen molar-refractivity contribution in [2.45, 2.75) is 64.1 Å². The fourth-order valence-electron chi connectivity index (χ4n) is 3.54. The summed E-state index contributed by atoms with van der Waals surface area (Å²) in [5.74, 6) is 0.666. The minimum Gasteiger partial charge on any atom is -0.338 e. The lowest BCUT2D eigenvalue weighted by Gasteiger charge is -2.12. The molecule has 0 radical (unpaired) electrons. The lowest BCUT2D eigenvalue weighted by atomic mass is 9.92. The van der Waals surface area contributed by atoms with E-state index in [1.807, 2.05) is 49.4 Å². The number of hydrogen-bond donors (Lipinski definition) is 1. The lowest BCUT2D eigenvalue weighted by Crippen LogP contribution is -2.23. The third-order valence-corrected chi connectivity index (χ3v) is 6.27. The Labute approximate surface area is 195 Å². The summed E-state index contributed by atoms with van der Waals surface area (Å²) in [7, 11) is 0. The number of nitrogens with zero attached hydrogens (tertiary/aromatic N) is 5. The first-order chi connectivity index (χ1) is 15.8. The maximum absolute atomic E-state index is 13.1. The topological polar surface area (TPSA) is 107 Å². The number of hydrogen-bond acceptors (Lipinski definition) is 7. The zero-order valence-corrected chi connectivity index (χ0v) is 20.1. The SMILES string of the molecule is CCCCCn1c(=O)c2ccccc2n2c(SCC(=O)Nc3cc(C(C)(C)C)no3)nnc12. The Morgan fingerprint density at radius 3 is 2.70 bits per heavy atom. The first-order valence-corrected chi connectivity index (χ1v) is 12.0. The van der Waals surface area contributed by atoms with Gasteiger partial charge in [0.25, 0.3) is 5.56 Å². The van der Waals surface area contributed by atoms with E-state index in [9.17, 15) is 9.59 Å². The number of anilines is 1. The van der Waals surface area contributed by atoms with Gasteiger partial charge in [-0.15, -0.1) is 10.2 Å². The van der Waals surface area contributed by atoms with Gasteiger partial charge in [0.1, 0.15) is 0 Å². The number of rotatable bonds is 8. The van der Waals surface area contributed by atoms with Crippen LogP contribution in [0.15, 0.2) is 44.8 Å². The largest absolute Gasteiger partial charge is 0.338 e. The number of carbonyl (C=O) groups excluding carboxylic acids is 1. The van der Waals surface area contributed by atoms with Gasteiger partial charge in [-0.2, -0.15) is 0 Å². The molecule has 0 bridgehead atoms. The number of thioether (sulfide) groups is 1. The van der Waals surface area contributed by atoms with Gasteiger partial charge in [0, 0.05) is 18.0 Å². The van der Waals surface area contributed by atoms with E-state index in [0.717, 1.165) is 30.5 Å². The molecule has 0 aliphatic rings. The molecule has 0 fully saturated rings. The van der Waals surface area contributed by atoms with Crippen LogP contribution in [0.3, 0.4) is 0 Å². The fraction of sp³-hybridized carbons (Fsp3) is 0.435. The second-order valence-electron chi connectivity index (χ2n) is 8.96. The molecule has 1 aromatic carbocycles. The summed E-state index contributed by atoms with van der Waals surface area (Å²) in [6.45, 7) is 8.77. The highest BCUT2D eigenvalue weighted by molar-refractivity contribution is 7.99. The third-order valence-electron chi connectivity index (χ3n) is 5.34. The zero-order valence-electron chi connectivity index (χ0n) is 19.3. The van der Waals surface area contributed by atoms with Crippen LogP contribution in [-0.2, 0) is 16.8 Å². The van der Waals surface area contributed by atoms with Crippen molar-refractivity contribution in [3.8, 4) is 0 Å². The minimum absolute atomic E-state index is 0.0733. The van der Waals surface area contributed by atoms with Gasteiger partial charge in [-0.3, -0.25) is 23.9 Å². The number of aromatic nitrogens is 5. The van der Waals surface area contributed by atoms with Crippen LogP contribution in [0.25, 0.3) is 16.7 Å². The van der Waals surface area contributed by atoms with Crippen molar-refractivity contribution in [2.24, 2.45) is 0 Å². The quantitative estimate of drug-likeness (QED) is 0.304. The molecule has 0 saturated carbocycles. The maximum Gasteiger partial charge on any atom is 0.262 e. The Hall–Kier alpha value is -3.14. The molecule has 4 aromatic rings. The van der Waals surface area contributed by atoms with Crippen molar-refractivity contribution in [2.75, 3.05) is 11.1 Å². The average Bonchev–Trinajstić information content (AvgIpc) is 3.42. The van der Waals surface area contributed by atoms with Gasteiger partial charge in [0.2, 0.25) is 17.6 Å². The van der Waals surface area contributed by atoms with Crippen LogP contribution >= 0.6 is 11.8 Å². The normalized spacial score (nSPS) is 12.0. The van der Waals surface area contributed by atoms with Crippen LogP contribution in [0.2, 0.25) is 0 Å².